The number of amides is 1. The molecule has 0 bridgehead atoms. The van der Waals surface area contributed by atoms with E-state index in [0.717, 1.165) is 55.2 Å². The van der Waals surface area contributed by atoms with Crippen LogP contribution in [0.4, 0.5) is 0 Å². The van der Waals surface area contributed by atoms with Gasteiger partial charge in [0.15, 0.2) is 0 Å². The van der Waals surface area contributed by atoms with Gasteiger partial charge < -0.3 is 14.6 Å². The number of rotatable bonds is 9. The molecule has 2 aromatic carbocycles. The molecule has 1 saturated heterocycles. The Balaban J connectivity index is 1.04. The molecule has 0 radical (unpaired) electrons. The summed E-state index contributed by atoms with van der Waals surface area (Å²) in [5.41, 5.74) is 5.15. The molecule has 1 aliphatic heterocycles. The molecule has 2 aromatic heterocycles. The smallest absolute Gasteiger partial charge is 0.261 e. The second-order valence-electron chi connectivity index (χ2n) is 10.6. The highest BCUT2D eigenvalue weighted by atomic mass is 16.5. The average molecular weight is 540 g/mol. The summed E-state index contributed by atoms with van der Waals surface area (Å²) >= 11 is 0. The topological polar surface area (TPSA) is 81.8 Å². The maximum Gasteiger partial charge on any atom is 0.261 e. The average Bonchev–Trinajstić information content (AvgIpc) is 2.96. The zero-order valence-electron chi connectivity index (χ0n) is 23.5. The fourth-order valence-electron chi connectivity index (χ4n) is 5.12. The zero-order valence-corrected chi connectivity index (χ0v) is 23.5. The first-order valence-corrected chi connectivity index (χ1v) is 13.8. The minimum absolute atomic E-state index is 0.194. The van der Waals surface area contributed by atoms with Crippen LogP contribution in [-0.2, 0) is 13.1 Å². The van der Waals surface area contributed by atoms with Crippen molar-refractivity contribution in [1.82, 2.24) is 24.7 Å². The Labute approximate surface area is 235 Å². The highest BCUT2D eigenvalue weighted by Gasteiger charge is 2.24. The molecule has 1 amide bonds. The van der Waals surface area contributed by atoms with Crippen LogP contribution in [0.25, 0.3) is 10.9 Å². The summed E-state index contributed by atoms with van der Waals surface area (Å²) < 4.78 is 6.00. The van der Waals surface area contributed by atoms with E-state index in [-0.39, 0.29) is 17.0 Å². The molecule has 8 nitrogen and oxygen atoms in total. The van der Waals surface area contributed by atoms with Gasteiger partial charge in [0.05, 0.1) is 5.52 Å². The van der Waals surface area contributed by atoms with E-state index < -0.39 is 0 Å². The number of H-pyrrole nitrogens is 1. The van der Waals surface area contributed by atoms with Crippen molar-refractivity contribution in [3.8, 4) is 5.75 Å². The third-order valence-electron chi connectivity index (χ3n) is 7.56. The minimum atomic E-state index is -0.315. The Kier molecular flexibility index (Phi) is 8.57. The van der Waals surface area contributed by atoms with Crippen molar-refractivity contribution in [2.24, 2.45) is 0 Å². The molecule has 4 aromatic rings. The van der Waals surface area contributed by atoms with E-state index >= 15 is 0 Å². The molecule has 0 aliphatic carbocycles. The summed E-state index contributed by atoms with van der Waals surface area (Å²) in [6, 6.07) is 20.5. The third kappa shape index (κ3) is 6.76. The van der Waals surface area contributed by atoms with Gasteiger partial charge in [0.1, 0.15) is 17.9 Å². The van der Waals surface area contributed by atoms with Crippen molar-refractivity contribution in [3.05, 3.63) is 105 Å². The molecule has 5 rings (SSSR count). The van der Waals surface area contributed by atoms with E-state index in [1.807, 2.05) is 38.2 Å². The summed E-state index contributed by atoms with van der Waals surface area (Å²) in [6.07, 6.45) is 1.82. The van der Waals surface area contributed by atoms with E-state index in [9.17, 15) is 9.59 Å². The molecule has 0 spiro atoms. The number of pyridine rings is 2. The Bertz CT molecular complexity index is 1520. The molecule has 1 N–H and O–H groups in total. The predicted molar refractivity (Wildman–Crippen MR) is 158 cm³/mol. The monoisotopic (exact) mass is 539 g/mol. The summed E-state index contributed by atoms with van der Waals surface area (Å²) in [5, 5.41) is 1.17. The number of nitrogens with zero attached hydrogens (tertiary/aromatic N) is 4. The molecule has 0 saturated carbocycles. The first-order chi connectivity index (χ1) is 19.4. The second-order valence-corrected chi connectivity index (χ2v) is 10.6. The lowest BCUT2D eigenvalue weighted by Gasteiger charge is -2.34. The van der Waals surface area contributed by atoms with Crippen LogP contribution < -0.4 is 10.3 Å². The van der Waals surface area contributed by atoms with Gasteiger partial charge in [-0.15, -0.1) is 0 Å². The van der Waals surface area contributed by atoms with Gasteiger partial charge in [-0.2, -0.15) is 0 Å². The lowest BCUT2D eigenvalue weighted by molar-refractivity contribution is 0.0618. The van der Waals surface area contributed by atoms with Crippen LogP contribution in [0.1, 0.15) is 32.7 Å². The number of aromatic amines is 1. The molecule has 1 fully saturated rings. The molecule has 208 valence electrons. The molecule has 0 unspecified atom stereocenters. The fraction of sp³-hybridized carbons (Fsp3) is 0.344. The molecular weight excluding hydrogens is 502 g/mol. The van der Waals surface area contributed by atoms with Crippen LogP contribution in [0, 0.1) is 13.8 Å². The van der Waals surface area contributed by atoms with Crippen molar-refractivity contribution in [2.45, 2.75) is 26.9 Å². The minimum Gasteiger partial charge on any atom is -0.492 e. The summed E-state index contributed by atoms with van der Waals surface area (Å²) in [6.45, 7) is 9.55. The summed E-state index contributed by atoms with van der Waals surface area (Å²) in [5.74, 6) is 0.664. The number of carbonyl (C=O) groups excluding carboxylic acids is 1. The highest BCUT2D eigenvalue weighted by molar-refractivity contribution is 5.94. The van der Waals surface area contributed by atoms with Crippen molar-refractivity contribution >= 4 is 16.8 Å². The van der Waals surface area contributed by atoms with Gasteiger partial charge in [0, 0.05) is 63.1 Å². The Morgan fingerprint density at radius 1 is 0.975 bits per heavy atom. The number of aromatic nitrogens is 2. The van der Waals surface area contributed by atoms with E-state index in [2.05, 4.69) is 63.2 Å². The molecular formula is C32H37N5O3. The van der Waals surface area contributed by atoms with Crippen LogP contribution >= 0.6 is 0 Å². The third-order valence-corrected chi connectivity index (χ3v) is 7.56. The quantitative estimate of drug-likeness (QED) is 0.346. The number of nitrogens with one attached hydrogen (secondary N) is 1. The Morgan fingerprint density at radius 3 is 2.48 bits per heavy atom. The number of hydrogen-bond donors (Lipinski definition) is 1. The van der Waals surface area contributed by atoms with Gasteiger partial charge in [-0.25, -0.2) is 0 Å². The first kappa shape index (κ1) is 27.6. The maximum atomic E-state index is 12.9. The number of fused-ring (bicyclic) bond motifs is 1. The van der Waals surface area contributed by atoms with Gasteiger partial charge >= 0.3 is 0 Å². The SMILES string of the molecule is Cc1cc(C(=O)N2CCN(CCOc3ccc(CN(C)Cc4ccc5ncccc5c4)cc3)CC2)c(=O)[nH]c1C. The van der Waals surface area contributed by atoms with Crippen LogP contribution in [-0.4, -0.2) is 77.0 Å². The predicted octanol–water partition coefficient (Wildman–Crippen LogP) is 4.01. The molecule has 3 heterocycles. The van der Waals surface area contributed by atoms with Crippen LogP contribution in [0.3, 0.4) is 0 Å². The molecule has 8 heteroatoms. The van der Waals surface area contributed by atoms with Crippen molar-refractivity contribution in [1.29, 1.82) is 0 Å². The molecule has 1 aliphatic rings. The largest absolute Gasteiger partial charge is 0.492 e. The lowest BCUT2D eigenvalue weighted by atomic mass is 10.1. The van der Waals surface area contributed by atoms with Crippen LogP contribution in [0.2, 0.25) is 0 Å². The number of hydrogen-bond acceptors (Lipinski definition) is 6. The van der Waals surface area contributed by atoms with Crippen LogP contribution in [0.5, 0.6) is 5.75 Å². The normalized spacial score (nSPS) is 14.2. The first-order valence-electron chi connectivity index (χ1n) is 13.8. The van der Waals surface area contributed by atoms with E-state index in [4.69, 9.17) is 4.74 Å². The number of carbonyl (C=O) groups is 1. The lowest BCUT2D eigenvalue weighted by Crippen LogP contribution is -2.50. The Morgan fingerprint density at radius 2 is 1.70 bits per heavy atom. The van der Waals surface area contributed by atoms with E-state index in [0.29, 0.717) is 19.7 Å². The summed E-state index contributed by atoms with van der Waals surface area (Å²) in [4.78, 5) is 38.7. The highest BCUT2D eigenvalue weighted by Crippen LogP contribution is 2.17. The maximum absolute atomic E-state index is 12.9. The molecule has 0 atom stereocenters. The van der Waals surface area contributed by atoms with Crippen molar-refractivity contribution in [2.75, 3.05) is 46.4 Å². The standard InChI is InChI=1S/C32H37N5O3/c1-23-19-29(31(38)34-24(23)2)32(39)37-15-13-36(14-16-37)17-18-40-28-9-6-25(7-10-28)21-35(3)22-26-8-11-30-27(20-26)5-4-12-33-30/h4-12,19-20H,13-18,21-22H2,1-3H3,(H,34,38). The fourth-order valence-corrected chi connectivity index (χ4v) is 5.12. The van der Waals surface area contributed by atoms with E-state index in [1.165, 1.54) is 16.5 Å². The van der Waals surface area contributed by atoms with Gasteiger partial charge in [0.2, 0.25) is 0 Å². The molecule has 40 heavy (non-hydrogen) atoms. The van der Waals surface area contributed by atoms with Crippen molar-refractivity contribution in [3.63, 3.8) is 0 Å². The zero-order chi connectivity index (χ0) is 28.1. The van der Waals surface area contributed by atoms with Crippen molar-refractivity contribution < 1.29 is 9.53 Å². The van der Waals surface area contributed by atoms with Gasteiger partial charge in [-0.3, -0.25) is 24.4 Å². The van der Waals surface area contributed by atoms with Crippen LogP contribution in [0.15, 0.2) is 71.7 Å². The van der Waals surface area contributed by atoms with E-state index in [1.54, 1.807) is 11.0 Å². The number of ether oxygens (including phenoxy) is 1. The Hall–Kier alpha value is -4.01. The number of aryl methyl sites for hydroxylation is 2. The van der Waals surface area contributed by atoms with Gasteiger partial charge in [-0.1, -0.05) is 24.3 Å². The second kappa shape index (κ2) is 12.4. The summed E-state index contributed by atoms with van der Waals surface area (Å²) in [7, 11) is 2.13. The van der Waals surface area contributed by atoms with Gasteiger partial charge in [-0.05, 0) is 74.0 Å². The number of piperazine rings is 1. The van der Waals surface area contributed by atoms with Gasteiger partial charge in [0.25, 0.3) is 11.5 Å². The number of benzene rings is 2.